The number of amides is 1. The molecule has 0 spiro atoms. The Bertz CT molecular complexity index is 1380. The standard InChI is InChI=1S/C28H30F3N3O4S/c1-2-39(37,38)26-14-9-21(16-32-26)25(18-35)33-27(36)20-7-12-24(13-8-20)34-15-3-4-22(17-34)19-5-10-23(11-6-19)28(29,30)31/h5-14,16,22,25,35H,2-4,15,17-18H2,1H3,(H,33,36)/t22?,25-/m0/s1. The van der Waals surface area contributed by atoms with Gasteiger partial charge in [0.2, 0.25) is 0 Å². The zero-order valence-electron chi connectivity index (χ0n) is 21.4. The summed E-state index contributed by atoms with van der Waals surface area (Å²) in [7, 11) is -3.46. The molecule has 2 N–H and O–H groups in total. The lowest BCUT2D eigenvalue weighted by molar-refractivity contribution is -0.137. The second-order valence-corrected chi connectivity index (χ2v) is 11.7. The summed E-state index contributed by atoms with van der Waals surface area (Å²) in [6.07, 6.45) is -1.26. The lowest BCUT2D eigenvalue weighted by Crippen LogP contribution is -2.34. The van der Waals surface area contributed by atoms with E-state index in [1.165, 1.54) is 25.3 Å². The van der Waals surface area contributed by atoms with Crippen molar-refractivity contribution in [2.75, 3.05) is 30.3 Å². The van der Waals surface area contributed by atoms with Crippen molar-refractivity contribution in [3.63, 3.8) is 0 Å². The first kappa shape index (κ1) is 28.6. The van der Waals surface area contributed by atoms with Crippen LogP contribution in [0.4, 0.5) is 18.9 Å². The van der Waals surface area contributed by atoms with E-state index in [9.17, 15) is 31.5 Å². The Morgan fingerprint density at radius 2 is 1.79 bits per heavy atom. The van der Waals surface area contributed by atoms with Crippen molar-refractivity contribution >= 4 is 21.4 Å². The van der Waals surface area contributed by atoms with E-state index in [0.717, 1.165) is 42.8 Å². The number of aliphatic hydroxyl groups is 1. The van der Waals surface area contributed by atoms with E-state index >= 15 is 0 Å². The van der Waals surface area contributed by atoms with Gasteiger partial charge in [-0.2, -0.15) is 13.2 Å². The first-order valence-electron chi connectivity index (χ1n) is 12.6. The number of hydrogen-bond donors (Lipinski definition) is 2. The second-order valence-electron chi connectivity index (χ2n) is 9.49. The maximum atomic E-state index is 12.9. The van der Waals surface area contributed by atoms with Crippen LogP contribution in [0.1, 0.15) is 58.8 Å². The number of aliphatic hydroxyl groups excluding tert-OH is 1. The zero-order valence-corrected chi connectivity index (χ0v) is 22.2. The topological polar surface area (TPSA) is 99.6 Å². The highest BCUT2D eigenvalue weighted by molar-refractivity contribution is 7.91. The Balaban J connectivity index is 1.40. The molecular formula is C28H30F3N3O4S. The maximum absolute atomic E-state index is 12.9. The number of rotatable bonds is 8. The first-order valence-corrected chi connectivity index (χ1v) is 14.3. The molecule has 3 aromatic rings. The Morgan fingerprint density at radius 3 is 2.36 bits per heavy atom. The van der Waals surface area contributed by atoms with Crippen LogP contribution >= 0.6 is 0 Å². The Kier molecular flexibility index (Phi) is 8.60. The summed E-state index contributed by atoms with van der Waals surface area (Å²) in [6, 6.07) is 14.5. The zero-order chi connectivity index (χ0) is 28.2. The van der Waals surface area contributed by atoms with Gasteiger partial charge in [0.1, 0.15) is 0 Å². The van der Waals surface area contributed by atoms with Crippen LogP contribution in [0, 0.1) is 0 Å². The number of piperidine rings is 1. The predicted octanol–water partition coefficient (Wildman–Crippen LogP) is 4.74. The fourth-order valence-electron chi connectivity index (χ4n) is 4.66. The van der Waals surface area contributed by atoms with E-state index in [2.05, 4.69) is 15.2 Å². The number of aromatic nitrogens is 1. The molecule has 11 heteroatoms. The highest BCUT2D eigenvalue weighted by Crippen LogP contribution is 2.33. The number of nitrogens with one attached hydrogen (secondary N) is 1. The van der Waals surface area contributed by atoms with Crippen LogP contribution in [0.5, 0.6) is 0 Å². The van der Waals surface area contributed by atoms with Gasteiger partial charge >= 0.3 is 6.18 Å². The lowest BCUT2D eigenvalue weighted by atomic mass is 9.90. The number of carbonyl (C=O) groups is 1. The fourth-order valence-corrected chi connectivity index (χ4v) is 5.44. The van der Waals surface area contributed by atoms with Gasteiger partial charge in [0.15, 0.2) is 14.9 Å². The van der Waals surface area contributed by atoms with Gasteiger partial charge in [-0.25, -0.2) is 13.4 Å². The molecule has 0 bridgehead atoms. The quantitative estimate of drug-likeness (QED) is 0.412. The highest BCUT2D eigenvalue weighted by Gasteiger charge is 2.31. The molecule has 4 rings (SSSR count). The highest BCUT2D eigenvalue weighted by atomic mass is 32.2. The summed E-state index contributed by atoms with van der Waals surface area (Å²) >= 11 is 0. The summed E-state index contributed by atoms with van der Waals surface area (Å²) < 4.78 is 62.7. The molecule has 1 aliphatic heterocycles. The summed E-state index contributed by atoms with van der Waals surface area (Å²) in [5.41, 5.74) is 1.97. The van der Waals surface area contributed by atoms with E-state index in [1.807, 2.05) is 12.1 Å². The molecule has 1 saturated heterocycles. The minimum Gasteiger partial charge on any atom is -0.394 e. The molecule has 2 heterocycles. The smallest absolute Gasteiger partial charge is 0.394 e. The van der Waals surface area contributed by atoms with Gasteiger partial charge in [-0.1, -0.05) is 25.1 Å². The largest absolute Gasteiger partial charge is 0.416 e. The molecule has 1 aliphatic rings. The number of nitrogens with zero attached hydrogens (tertiary/aromatic N) is 2. The first-order chi connectivity index (χ1) is 18.5. The third kappa shape index (κ3) is 6.77. The second kappa shape index (κ2) is 11.7. The number of sulfone groups is 1. The number of hydrogen-bond acceptors (Lipinski definition) is 6. The van der Waals surface area contributed by atoms with Gasteiger partial charge < -0.3 is 15.3 Å². The number of pyridine rings is 1. The molecule has 1 unspecified atom stereocenters. The fraction of sp³-hybridized carbons (Fsp3) is 0.357. The molecule has 39 heavy (non-hydrogen) atoms. The van der Waals surface area contributed by atoms with Gasteiger partial charge in [0.25, 0.3) is 5.91 Å². The van der Waals surface area contributed by atoms with Crippen molar-refractivity contribution in [3.05, 3.63) is 89.1 Å². The van der Waals surface area contributed by atoms with Gasteiger partial charge in [-0.3, -0.25) is 4.79 Å². The van der Waals surface area contributed by atoms with E-state index in [-0.39, 0.29) is 16.7 Å². The van der Waals surface area contributed by atoms with Crippen LogP contribution in [0.15, 0.2) is 71.9 Å². The molecule has 1 amide bonds. The van der Waals surface area contributed by atoms with Crippen molar-refractivity contribution in [2.24, 2.45) is 0 Å². The van der Waals surface area contributed by atoms with Crippen molar-refractivity contribution in [2.45, 2.75) is 42.9 Å². The Morgan fingerprint density at radius 1 is 1.10 bits per heavy atom. The summed E-state index contributed by atoms with van der Waals surface area (Å²) in [4.78, 5) is 19.0. The van der Waals surface area contributed by atoms with Crippen molar-refractivity contribution < 1.29 is 31.5 Å². The molecular weight excluding hydrogens is 531 g/mol. The number of halogens is 3. The lowest BCUT2D eigenvalue weighted by Gasteiger charge is -2.35. The van der Waals surface area contributed by atoms with Gasteiger partial charge in [-0.05, 0) is 66.4 Å². The predicted molar refractivity (Wildman–Crippen MR) is 141 cm³/mol. The van der Waals surface area contributed by atoms with Crippen LogP contribution < -0.4 is 10.2 Å². The van der Waals surface area contributed by atoms with Crippen molar-refractivity contribution in [3.8, 4) is 0 Å². The number of anilines is 1. The molecule has 0 saturated carbocycles. The molecule has 1 fully saturated rings. The van der Waals surface area contributed by atoms with Crippen LogP contribution in [0.2, 0.25) is 0 Å². The van der Waals surface area contributed by atoms with Crippen molar-refractivity contribution in [1.29, 1.82) is 0 Å². The van der Waals surface area contributed by atoms with Gasteiger partial charge in [0.05, 0.1) is 24.0 Å². The number of carbonyl (C=O) groups excluding carboxylic acids is 1. The third-order valence-electron chi connectivity index (χ3n) is 6.97. The molecule has 208 valence electrons. The van der Waals surface area contributed by atoms with E-state index in [4.69, 9.17) is 0 Å². The molecule has 0 aliphatic carbocycles. The third-order valence-corrected chi connectivity index (χ3v) is 8.61. The Labute approximate surface area is 225 Å². The molecule has 0 radical (unpaired) electrons. The number of alkyl halides is 3. The minimum atomic E-state index is -4.36. The molecule has 1 aromatic heterocycles. The minimum absolute atomic E-state index is 0.0642. The van der Waals surface area contributed by atoms with Crippen LogP contribution in [0.25, 0.3) is 0 Å². The van der Waals surface area contributed by atoms with E-state index in [1.54, 1.807) is 24.3 Å². The molecule has 2 atom stereocenters. The SMILES string of the molecule is CCS(=O)(=O)c1ccc([C@H](CO)NC(=O)c2ccc(N3CCCC(c4ccc(C(F)(F)F)cc4)C3)cc2)cn1. The summed E-state index contributed by atoms with van der Waals surface area (Å²) in [6.45, 7) is 2.58. The number of benzene rings is 2. The summed E-state index contributed by atoms with van der Waals surface area (Å²) in [5.74, 6) is -0.392. The average Bonchev–Trinajstić information content (AvgIpc) is 2.95. The average molecular weight is 562 g/mol. The maximum Gasteiger partial charge on any atom is 0.416 e. The van der Waals surface area contributed by atoms with E-state index < -0.39 is 40.1 Å². The molecule has 7 nitrogen and oxygen atoms in total. The monoisotopic (exact) mass is 561 g/mol. The van der Waals surface area contributed by atoms with Gasteiger partial charge in [-0.15, -0.1) is 0 Å². The molecule has 2 aromatic carbocycles. The van der Waals surface area contributed by atoms with Crippen LogP contribution in [-0.4, -0.2) is 49.9 Å². The Hall–Kier alpha value is -3.44. The van der Waals surface area contributed by atoms with Crippen LogP contribution in [-0.2, 0) is 16.0 Å². The van der Waals surface area contributed by atoms with Crippen molar-refractivity contribution in [1.82, 2.24) is 10.3 Å². The van der Waals surface area contributed by atoms with Gasteiger partial charge in [0, 0.05) is 36.5 Å². The van der Waals surface area contributed by atoms with E-state index in [0.29, 0.717) is 17.7 Å². The normalized spacial score (nSPS) is 17.1. The summed E-state index contributed by atoms with van der Waals surface area (Å²) in [5, 5.41) is 12.5. The van der Waals surface area contributed by atoms with Crippen LogP contribution in [0.3, 0.4) is 0 Å².